The van der Waals surface area contributed by atoms with Crippen molar-refractivity contribution in [2.75, 3.05) is 23.7 Å². The summed E-state index contributed by atoms with van der Waals surface area (Å²) < 4.78 is 1.70. The van der Waals surface area contributed by atoms with Crippen LogP contribution in [0.5, 0.6) is 0 Å². The number of nitrogens with two attached hydrogens (primary N) is 1. The van der Waals surface area contributed by atoms with Crippen LogP contribution in [0.4, 0.5) is 11.5 Å². The predicted molar refractivity (Wildman–Crippen MR) is 55.1 cm³/mol. The first-order chi connectivity index (χ1) is 6.66. The molecule has 0 bridgehead atoms. The molecule has 0 aromatic carbocycles. The van der Waals surface area contributed by atoms with Crippen molar-refractivity contribution in [3.8, 4) is 0 Å². The summed E-state index contributed by atoms with van der Waals surface area (Å²) in [4.78, 5) is 2.05. The van der Waals surface area contributed by atoms with Crippen LogP contribution in [0.1, 0.15) is 12.8 Å². The van der Waals surface area contributed by atoms with Crippen LogP contribution in [0.2, 0.25) is 0 Å². The van der Waals surface area contributed by atoms with Gasteiger partial charge in [0.1, 0.15) is 0 Å². The standard InChI is InChI=1S/C9H16N4O/c1-12-6-8(10)9(11-12)13-4-2-3-7(14)5-13/h6-7,14H,2-5,10H2,1H3. The fourth-order valence-electron chi connectivity index (χ4n) is 1.89. The summed E-state index contributed by atoms with van der Waals surface area (Å²) in [6.45, 7) is 1.57. The van der Waals surface area contributed by atoms with E-state index >= 15 is 0 Å². The molecular formula is C9H16N4O. The van der Waals surface area contributed by atoms with Crippen LogP contribution < -0.4 is 10.6 Å². The van der Waals surface area contributed by atoms with Gasteiger partial charge in [-0.25, -0.2) is 0 Å². The molecule has 5 heteroatoms. The maximum absolute atomic E-state index is 9.52. The van der Waals surface area contributed by atoms with E-state index in [9.17, 15) is 5.11 Å². The molecule has 1 saturated heterocycles. The van der Waals surface area contributed by atoms with E-state index in [1.54, 1.807) is 10.9 Å². The van der Waals surface area contributed by atoms with Crippen molar-refractivity contribution in [1.82, 2.24) is 9.78 Å². The van der Waals surface area contributed by atoms with E-state index in [4.69, 9.17) is 5.73 Å². The van der Waals surface area contributed by atoms with E-state index in [0.717, 1.165) is 25.2 Å². The summed E-state index contributed by atoms with van der Waals surface area (Å²) >= 11 is 0. The van der Waals surface area contributed by atoms with Crippen LogP contribution >= 0.6 is 0 Å². The first-order valence-electron chi connectivity index (χ1n) is 4.89. The number of rotatable bonds is 1. The summed E-state index contributed by atoms with van der Waals surface area (Å²) in [5, 5.41) is 13.8. The molecule has 0 amide bonds. The lowest BCUT2D eigenvalue weighted by Crippen LogP contribution is -2.38. The van der Waals surface area contributed by atoms with Gasteiger partial charge in [-0.1, -0.05) is 0 Å². The number of nitrogen functional groups attached to an aromatic ring is 1. The number of piperidine rings is 1. The lowest BCUT2D eigenvalue weighted by atomic mass is 10.1. The summed E-state index contributed by atoms with van der Waals surface area (Å²) in [6, 6.07) is 0. The smallest absolute Gasteiger partial charge is 0.173 e. The molecular weight excluding hydrogens is 180 g/mol. The number of nitrogens with zero attached hydrogens (tertiary/aromatic N) is 3. The van der Waals surface area contributed by atoms with Gasteiger partial charge in [-0.3, -0.25) is 4.68 Å². The van der Waals surface area contributed by atoms with Gasteiger partial charge in [-0.15, -0.1) is 0 Å². The monoisotopic (exact) mass is 196 g/mol. The first kappa shape index (κ1) is 9.33. The number of hydrogen-bond donors (Lipinski definition) is 2. The number of aliphatic hydroxyl groups excluding tert-OH is 1. The van der Waals surface area contributed by atoms with Gasteiger partial charge in [-0.2, -0.15) is 5.10 Å². The molecule has 2 heterocycles. The van der Waals surface area contributed by atoms with Crippen LogP contribution in [0.15, 0.2) is 6.20 Å². The summed E-state index contributed by atoms with van der Waals surface area (Å²) in [6.07, 6.45) is 3.42. The molecule has 1 aliphatic rings. The van der Waals surface area contributed by atoms with Gasteiger partial charge >= 0.3 is 0 Å². The highest BCUT2D eigenvalue weighted by molar-refractivity contribution is 5.61. The third-order valence-corrected chi connectivity index (χ3v) is 2.53. The number of hydrogen-bond acceptors (Lipinski definition) is 4. The zero-order valence-electron chi connectivity index (χ0n) is 8.35. The normalized spacial score (nSPS) is 22.7. The first-order valence-corrected chi connectivity index (χ1v) is 4.89. The Morgan fingerprint density at radius 2 is 2.43 bits per heavy atom. The number of aliphatic hydroxyl groups is 1. The van der Waals surface area contributed by atoms with Crippen molar-refractivity contribution in [1.29, 1.82) is 0 Å². The molecule has 1 aromatic rings. The Balaban J connectivity index is 2.17. The van der Waals surface area contributed by atoms with Crippen LogP contribution in [-0.2, 0) is 7.05 Å². The minimum atomic E-state index is -0.245. The van der Waals surface area contributed by atoms with E-state index in [1.807, 2.05) is 11.9 Å². The molecule has 1 atom stereocenters. The van der Waals surface area contributed by atoms with Gasteiger partial charge in [0.15, 0.2) is 5.82 Å². The lowest BCUT2D eigenvalue weighted by Gasteiger charge is -2.30. The van der Waals surface area contributed by atoms with Crippen molar-refractivity contribution in [3.05, 3.63) is 6.20 Å². The Morgan fingerprint density at radius 1 is 1.64 bits per heavy atom. The summed E-state index contributed by atoms with van der Waals surface area (Å²) in [5.41, 5.74) is 6.49. The molecule has 0 spiro atoms. The van der Waals surface area contributed by atoms with Crippen molar-refractivity contribution >= 4 is 11.5 Å². The minimum absolute atomic E-state index is 0.245. The zero-order chi connectivity index (χ0) is 10.1. The van der Waals surface area contributed by atoms with Gasteiger partial charge < -0.3 is 15.7 Å². The molecule has 5 nitrogen and oxygen atoms in total. The molecule has 1 unspecified atom stereocenters. The zero-order valence-corrected chi connectivity index (χ0v) is 8.35. The van der Waals surface area contributed by atoms with Crippen LogP contribution in [-0.4, -0.2) is 34.1 Å². The van der Waals surface area contributed by atoms with E-state index in [2.05, 4.69) is 5.10 Å². The summed E-state index contributed by atoms with van der Waals surface area (Å²) in [7, 11) is 1.85. The second-order valence-electron chi connectivity index (χ2n) is 3.82. The van der Waals surface area contributed by atoms with Gasteiger partial charge in [0.25, 0.3) is 0 Å². The Bertz CT molecular complexity index is 323. The fraction of sp³-hybridized carbons (Fsp3) is 0.667. The summed E-state index contributed by atoms with van der Waals surface area (Å²) in [5.74, 6) is 0.797. The Labute approximate surface area is 83.1 Å². The SMILES string of the molecule is Cn1cc(N)c(N2CCCC(O)C2)n1. The molecule has 1 aromatic heterocycles. The van der Waals surface area contributed by atoms with Crippen LogP contribution in [0.25, 0.3) is 0 Å². The van der Waals surface area contributed by atoms with Crippen molar-refractivity contribution in [2.24, 2.45) is 7.05 Å². The highest BCUT2D eigenvalue weighted by Crippen LogP contribution is 2.23. The van der Waals surface area contributed by atoms with Crippen molar-refractivity contribution < 1.29 is 5.11 Å². The fourth-order valence-corrected chi connectivity index (χ4v) is 1.89. The highest BCUT2D eigenvalue weighted by Gasteiger charge is 2.21. The third-order valence-electron chi connectivity index (χ3n) is 2.53. The quantitative estimate of drug-likeness (QED) is 0.661. The predicted octanol–water partition coefficient (Wildman–Crippen LogP) is -0.0366. The van der Waals surface area contributed by atoms with E-state index in [1.165, 1.54) is 0 Å². The van der Waals surface area contributed by atoms with Gasteiger partial charge in [0.2, 0.25) is 0 Å². The molecule has 78 valence electrons. The molecule has 0 radical (unpaired) electrons. The topological polar surface area (TPSA) is 67.3 Å². The van der Waals surface area contributed by atoms with Gasteiger partial charge in [0.05, 0.1) is 11.8 Å². The highest BCUT2D eigenvalue weighted by atomic mass is 16.3. The Hall–Kier alpha value is -1.23. The molecule has 0 aliphatic carbocycles. The maximum Gasteiger partial charge on any atom is 0.173 e. The van der Waals surface area contributed by atoms with Gasteiger partial charge in [0, 0.05) is 26.3 Å². The largest absolute Gasteiger partial charge is 0.394 e. The second kappa shape index (κ2) is 3.49. The van der Waals surface area contributed by atoms with E-state index in [0.29, 0.717) is 12.2 Å². The molecule has 3 N–H and O–H groups in total. The van der Waals surface area contributed by atoms with E-state index < -0.39 is 0 Å². The average Bonchev–Trinajstić information content (AvgIpc) is 2.45. The molecule has 2 rings (SSSR count). The third kappa shape index (κ3) is 1.68. The molecule has 1 aliphatic heterocycles. The van der Waals surface area contributed by atoms with Crippen molar-refractivity contribution in [2.45, 2.75) is 18.9 Å². The molecule has 14 heavy (non-hydrogen) atoms. The number of aromatic nitrogens is 2. The van der Waals surface area contributed by atoms with Gasteiger partial charge in [-0.05, 0) is 12.8 Å². The Morgan fingerprint density at radius 3 is 3.00 bits per heavy atom. The van der Waals surface area contributed by atoms with E-state index in [-0.39, 0.29) is 6.10 Å². The van der Waals surface area contributed by atoms with Crippen LogP contribution in [0, 0.1) is 0 Å². The lowest BCUT2D eigenvalue weighted by molar-refractivity contribution is 0.154. The number of anilines is 2. The maximum atomic E-state index is 9.52. The number of aryl methyl sites for hydroxylation is 1. The Kier molecular flexibility index (Phi) is 2.33. The number of β-amino-alcohol motifs (C(OH)–C–C–N with tert-alkyl or cyclic N) is 1. The molecule has 1 fully saturated rings. The second-order valence-corrected chi connectivity index (χ2v) is 3.82. The average molecular weight is 196 g/mol. The minimum Gasteiger partial charge on any atom is -0.394 e. The van der Waals surface area contributed by atoms with Crippen molar-refractivity contribution in [3.63, 3.8) is 0 Å². The molecule has 0 saturated carbocycles. The van der Waals surface area contributed by atoms with Crippen LogP contribution in [0.3, 0.4) is 0 Å².